The molecule has 1 heterocycles. The number of hydrogen-bond donors (Lipinski definition) is 2. The number of para-hydroxylation sites is 1. The van der Waals surface area contributed by atoms with E-state index in [0.29, 0.717) is 31.8 Å². The second-order valence-corrected chi connectivity index (χ2v) is 6.91. The van der Waals surface area contributed by atoms with Gasteiger partial charge in [0.2, 0.25) is 10.0 Å². The number of sulfonamides is 1. The Balaban J connectivity index is 0.00000242. The zero-order chi connectivity index (χ0) is 15.5. The third kappa shape index (κ3) is 4.04. The summed E-state index contributed by atoms with van der Waals surface area (Å²) in [5, 5.41) is 0. The van der Waals surface area contributed by atoms with Crippen LogP contribution in [0.3, 0.4) is 0 Å². The summed E-state index contributed by atoms with van der Waals surface area (Å²) in [6.45, 7) is 4.83. The predicted octanol–water partition coefficient (Wildman–Crippen LogP) is 1.68. The molecule has 0 radical (unpaired) electrons. The molecule has 0 aromatic heterocycles. The Bertz CT molecular complexity index is 603. The maximum atomic E-state index is 12.5. The number of rotatable bonds is 6. The Kier molecular flexibility index (Phi) is 6.49. The maximum absolute atomic E-state index is 12.5. The summed E-state index contributed by atoms with van der Waals surface area (Å²) >= 11 is 0. The van der Waals surface area contributed by atoms with E-state index < -0.39 is 15.6 Å². The number of hydrogen-bond acceptors (Lipinski definition) is 5. The molecule has 0 spiro atoms. The van der Waals surface area contributed by atoms with Crippen LogP contribution in [0.4, 0.5) is 0 Å². The largest absolute Gasteiger partial charge is 0.486 e. The van der Waals surface area contributed by atoms with Crippen molar-refractivity contribution >= 4 is 22.4 Å². The van der Waals surface area contributed by atoms with Crippen LogP contribution in [0, 0.1) is 0 Å². The van der Waals surface area contributed by atoms with Crippen molar-refractivity contribution in [3.63, 3.8) is 0 Å². The molecule has 3 N–H and O–H groups in total. The van der Waals surface area contributed by atoms with E-state index in [1.807, 2.05) is 13.8 Å². The van der Waals surface area contributed by atoms with Gasteiger partial charge in [-0.3, -0.25) is 0 Å². The Morgan fingerprint density at radius 1 is 1.23 bits per heavy atom. The van der Waals surface area contributed by atoms with Gasteiger partial charge in [-0.25, -0.2) is 13.1 Å². The van der Waals surface area contributed by atoms with Gasteiger partial charge < -0.3 is 15.2 Å². The van der Waals surface area contributed by atoms with Crippen molar-refractivity contribution in [2.75, 3.05) is 19.8 Å². The number of ether oxygens (including phenoxy) is 2. The number of benzene rings is 1. The van der Waals surface area contributed by atoms with Crippen molar-refractivity contribution < 1.29 is 17.9 Å². The van der Waals surface area contributed by atoms with E-state index in [1.165, 1.54) is 6.07 Å². The third-order valence-corrected chi connectivity index (χ3v) is 5.27. The molecular weight excluding hydrogens is 328 g/mol. The standard InChI is InChI=1S/C14H22N2O4S.ClH/c1-3-14(15,4-2)10-16-21(17,18)12-7-5-6-11-13(12)20-9-8-19-11;/h5-7,16H,3-4,8-10,15H2,1-2H3;1H. The number of nitrogens with two attached hydrogens (primary N) is 1. The van der Waals surface area contributed by atoms with Crippen LogP contribution >= 0.6 is 12.4 Å². The molecule has 126 valence electrons. The first-order valence-electron chi connectivity index (χ1n) is 7.09. The van der Waals surface area contributed by atoms with Crippen molar-refractivity contribution in [2.45, 2.75) is 37.1 Å². The van der Waals surface area contributed by atoms with Crippen LogP contribution in [0.1, 0.15) is 26.7 Å². The molecule has 6 nitrogen and oxygen atoms in total. The first kappa shape index (κ1) is 19.0. The predicted molar refractivity (Wildman–Crippen MR) is 87.4 cm³/mol. The molecule has 1 aliphatic heterocycles. The summed E-state index contributed by atoms with van der Waals surface area (Å²) in [6.07, 6.45) is 1.39. The minimum Gasteiger partial charge on any atom is -0.486 e. The van der Waals surface area contributed by atoms with Crippen LogP contribution in [0.5, 0.6) is 11.5 Å². The second kappa shape index (κ2) is 7.50. The van der Waals surface area contributed by atoms with Crippen LogP contribution in [0.15, 0.2) is 23.1 Å². The molecule has 1 aromatic carbocycles. The van der Waals surface area contributed by atoms with Crippen LogP contribution in [-0.2, 0) is 10.0 Å². The van der Waals surface area contributed by atoms with Crippen LogP contribution in [-0.4, -0.2) is 33.7 Å². The van der Waals surface area contributed by atoms with Crippen molar-refractivity contribution in [1.29, 1.82) is 0 Å². The zero-order valence-corrected chi connectivity index (χ0v) is 14.4. The molecule has 0 bridgehead atoms. The van der Waals surface area contributed by atoms with Crippen LogP contribution in [0.2, 0.25) is 0 Å². The van der Waals surface area contributed by atoms with E-state index >= 15 is 0 Å². The maximum Gasteiger partial charge on any atom is 0.244 e. The molecule has 1 aliphatic rings. The van der Waals surface area contributed by atoms with E-state index in [-0.39, 0.29) is 29.6 Å². The lowest BCUT2D eigenvalue weighted by Crippen LogP contribution is -2.49. The molecule has 0 fully saturated rings. The fraction of sp³-hybridized carbons (Fsp3) is 0.571. The lowest BCUT2D eigenvalue weighted by atomic mass is 9.95. The third-order valence-electron chi connectivity index (χ3n) is 3.84. The Morgan fingerprint density at radius 3 is 2.50 bits per heavy atom. The summed E-state index contributed by atoms with van der Waals surface area (Å²) in [4.78, 5) is 0.0919. The summed E-state index contributed by atoms with van der Waals surface area (Å²) in [5.74, 6) is 0.723. The average molecular weight is 351 g/mol. The van der Waals surface area contributed by atoms with E-state index in [1.54, 1.807) is 12.1 Å². The lowest BCUT2D eigenvalue weighted by Gasteiger charge is -2.27. The minimum absolute atomic E-state index is 0. The van der Waals surface area contributed by atoms with Crippen molar-refractivity contribution in [1.82, 2.24) is 4.72 Å². The molecule has 22 heavy (non-hydrogen) atoms. The van der Waals surface area contributed by atoms with Gasteiger partial charge in [-0.05, 0) is 25.0 Å². The van der Waals surface area contributed by atoms with Crippen molar-refractivity contribution in [3.8, 4) is 11.5 Å². The highest BCUT2D eigenvalue weighted by Gasteiger charge is 2.28. The topological polar surface area (TPSA) is 90.7 Å². The molecule has 8 heteroatoms. The van der Waals surface area contributed by atoms with Gasteiger partial charge in [-0.1, -0.05) is 19.9 Å². The second-order valence-electron chi connectivity index (χ2n) is 5.17. The fourth-order valence-corrected chi connectivity index (χ4v) is 3.37. The molecule has 0 unspecified atom stereocenters. The molecule has 0 amide bonds. The molecule has 0 saturated heterocycles. The molecule has 0 saturated carbocycles. The van der Waals surface area contributed by atoms with Crippen LogP contribution in [0.25, 0.3) is 0 Å². The van der Waals surface area contributed by atoms with E-state index in [9.17, 15) is 8.42 Å². The highest BCUT2D eigenvalue weighted by Crippen LogP contribution is 2.36. The average Bonchev–Trinajstić information content (AvgIpc) is 2.52. The number of halogens is 1. The summed E-state index contributed by atoms with van der Waals surface area (Å²) in [6, 6.07) is 4.84. The SMILES string of the molecule is CCC(N)(CC)CNS(=O)(=O)c1cccc2c1OCCO2.Cl. The molecule has 0 atom stereocenters. The van der Waals surface area contributed by atoms with E-state index in [0.717, 1.165) is 0 Å². The van der Waals surface area contributed by atoms with Gasteiger partial charge in [0.15, 0.2) is 11.5 Å². The monoisotopic (exact) mass is 350 g/mol. The highest BCUT2D eigenvalue weighted by molar-refractivity contribution is 7.89. The quantitative estimate of drug-likeness (QED) is 0.814. The lowest BCUT2D eigenvalue weighted by molar-refractivity contribution is 0.167. The zero-order valence-electron chi connectivity index (χ0n) is 12.8. The molecular formula is C14H23ClN2O4S. The minimum atomic E-state index is -3.69. The highest BCUT2D eigenvalue weighted by atomic mass is 35.5. The van der Waals surface area contributed by atoms with Crippen molar-refractivity contribution in [2.24, 2.45) is 5.73 Å². The first-order chi connectivity index (χ1) is 9.92. The van der Waals surface area contributed by atoms with Gasteiger partial charge in [-0.2, -0.15) is 0 Å². The summed E-state index contributed by atoms with van der Waals surface area (Å²) in [5.41, 5.74) is 5.59. The van der Waals surface area contributed by atoms with Gasteiger partial charge >= 0.3 is 0 Å². The smallest absolute Gasteiger partial charge is 0.244 e. The molecule has 1 aromatic rings. The fourth-order valence-electron chi connectivity index (χ4n) is 2.08. The summed E-state index contributed by atoms with van der Waals surface area (Å²) < 4.78 is 38.4. The molecule has 2 rings (SSSR count). The Hall–Kier alpha value is -1.02. The molecule has 0 aliphatic carbocycles. The Labute approximate surface area is 137 Å². The van der Waals surface area contributed by atoms with Gasteiger partial charge in [0, 0.05) is 12.1 Å². The number of nitrogens with one attached hydrogen (secondary N) is 1. The van der Waals surface area contributed by atoms with Gasteiger partial charge in [0.25, 0.3) is 0 Å². The van der Waals surface area contributed by atoms with Gasteiger partial charge in [0.05, 0.1) is 0 Å². The van der Waals surface area contributed by atoms with Gasteiger partial charge in [-0.15, -0.1) is 12.4 Å². The van der Waals surface area contributed by atoms with Crippen molar-refractivity contribution in [3.05, 3.63) is 18.2 Å². The first-order valence-corrected chi connectivity index (χ1v) is 8.57. The van der Waals surface area contributed by atoms with E-state index in [2.05, 4.69) is 4.72 Å². The normalized spacial score (nSPS) is 14.3. The van der Waals surface area contributed by atoms with Crippen LogP contribution < -0.4 is 19.9 Å². The van der Waals surface area contributed by atoms with E-state index in [4.69, 9.17) is 15.2 Å². The van der Waals surface area contributed by atoms with Gasteiger partial charge in [0.1, 0.15) is 18.1 Å². The number of fused-ring (bicyclic) bond motifs is 1. The summed E-state index contributed by atoms with van der Waals surface area (Å²) in [7, 11) is -3.69. The Morgan fingerprint density at radius 2 is 1.86 bits per heavy atom.